The molecule has 0 aromatic heterocycles. The van der Waals surface area contributed by atoms with E-state index in [0.717, 1.165) is 16.2 Å². The number of aliphatic imine (C=N–C) groups is 1. The number of rotatable bonds is 1. The van der Waals surface area contributed by atoms with Crippen LogP contribution in [0.4, 0.5) is 5.69 Å². The van der Waals surface area contributed by atoms with Gasteiger partial charge in [0.15, 0.2) is 10.6 Å². The number of carbonyl (C=O) groups is 1. The summed E-state index contributed by atoms with van der Waals surface area (Å²) in [6, 6.07) is 10.9. The predicted molar refractivity (Wildman–Crippen MR) is 117 cm³/mol. The van der Waals surface area contributed by atoms with Crippen molar-refractivity contribution in [3.8, 4) is 5.75 Å². The Labute approximate surface area is 186 Å². The highest BCUT2D eigenvalue weighted by Crippen LogP contribution is 2.65. The average Bonchev–Trinajstić information content (AvgIpc) is 3.26. The summed E-state index contributed by atoms with van der Waals surface area (Å²) < 4.78 is 7.38. The summed E-state index contributed by atoms with van der Waals surface area (Å²) in [6.45, 7) is 0. The van der Waals surface area contributed by atoms with Crippen LogP contribution in [0.3, 0.4) is 0 Å². The van der Waals surface area contributed by atoms with Crippen LogP contribution in [-0.4, -0.2) is 34.9 Å². The molecule has 0 radical (unpaired) electrons. The molecule has 7 nitrogen and oxygen atoms in total. The molecule has 148 valence electrons. The van der Waals surface area contributed by atoms with E-state index in [1.807, 2.05) is 24.3 Å². The van der Waals surface area contributed by atoms with E-state index >= 15 is 0 Å². The quantitative estimate of drug-likeness (QED) is 0.399. The van der Waals surface area contributed by atoms with Crippen molar-refractivity contribution in [2.75, 3.05) is 18.2 Å². The molecule has 1 spiro atoms. The van der Waals surface area contributed by atoms with Gasteiger partial charge in [-0.15, -0.1) is 11.8 Å². The van der Waals surface area contributed by atoms with Gasteiger partial charge in [-0.05, 0) is 40.4 Å². The van der Waals surface area contributed by atoms with Crippen molar-refractivity contribution in [2.24, 2.45) is 4.99 Å². The lowest BCUT2D eigenvalue weighted by Crippen LogP contribution is -2.54. The number of halogens is 2. The van der Waals surface area contributed by atoms with Crippen molar-refractivity contribution < 1.29 is 14.5 Å². The number of nitrogens with zero attached hydrogens (tertiary/aromatic N) is 3. The van der Waals surface area contributed by atoms with Crippen molar-refractivity contribution in [2.45, 2.75) is 17.2 Å². The number of anilines is 1. The van der Waals surface area contributed by atoms with Crippen molar-refractivity contribution in [1.82, 2.24) is 0 Å². The van der Waals surface area contributed by atoms with Gasteiger partial charge >= 0.3 is 5.72 Å². The van der Waals surface area contributed by atoms with Gasteiger partial charge in [0.05, 0.1) is 9.40 Å². The maximum absolute atomic E-state index is 13.6. The third-order valence-electron chi connectivity index (χ3n) is 5.77. The Morgan fingerprint density at radius 2 is 2.03 bits per heavy atom. The minimum Gasteiger partial charge on any atom is -0.421 e. The van der Waals surface area contributed by atoms with E-state index in [2.05, 4.69) is 31.9 Å². The van der Waals surface area contributed by atoms with Crippen LogP contribution >= 0.6 is 43.6 Å². The molecule has 0 fully saturated rings. The maximum Gasteiger partial charge on any atom is 0.422 e. The summed E-state index contributed by atoms with van der Waals surface area (Å²) in [6.07, 6.45) is 1.71. The van der Waals surface area contributed by atoms with Gasteiger partial charge in [-0.25, -0.2) is 4.99 Å². The summed E-state index contributed by atoms with van der Waals surface area (Å²) >= 11 is 8.06. The monoisotopic (exact) mass is 537 g/mol. The van der Waals surface area contributed by atoms with E-state index in [4.69, 9.17) is 9.73 Å². The molecule has 29 heavy (non-hydrogen) atoms. The Balaban J connectivity index is 1.91. The van der Waals surface area contributed by atoms with Crippen molar-refractivity contribution in [3.63, 3.8) is 0 Å². The number of hydrogen-bond donors (Lipinski definition) is 0. The summed E-state index contributed by atoms with van der Waals surface area (Å²) in [7, 11) is 1.67. The first-order valence-corrected chi connectivity index (χ1v) is 11.4. The van der Waals surface area contributed by atoms with Crippen molar-refractivity contribution in [1.29, 1.82) is 0 Å². The zero-order valence-electron chi connectivity index (χ0n) is 15.2. The fourth-order valence-corrected chi connectivity index (χ4v) is 6.78. The SMILES string of the molecule is CSC1=N[C@@]2(C(=O)N(C)c3ccccc32)[C@@H]2c3cc(Br)cc(Br)c3O[C@]12[N+](=O)[O-]. The van der Waals surface area contributed by atoms with Crippen molar-refractivity contribution >= 4 is 60.3 Å². The maximum atomic E-state index is 13.6. The zero-order chi connectivity index (χ0) is 20.7. The highest BCUT2D eigenvalue weighted by atomic mass is 79.9. The first-order valence-electron chi connectivity index (χ1n) is 8.63. The zero-order valence-corrected chi connectivity index (χ0v) is 19.2. The molecule has 0 aliphatic carbocycles. The second-order valence-corrected chi connectivity index (χ2v) is 9.63. The molecule has 0 saturated carbocycles. The Bertz CT molecular complexity index is 1160. The predicted octanol–water partition coefficient (Wildman–Crippen LogP) is 4.31. The number of fused-ring (bicyclic) bond motifs is 6. The largest absolute Gasteiger partial charge is 0.422 e. The number of likely N-dealkylation sites (N-methyl/N-ethyl adjacent to an activating group) is 1. The average molecular weight is 539 g/mol. The number of amides is 1. The molecule has 0 bridgehead atoms. The number of carbonyl (C=O) groups excluding carboxylic acids is 1. The molecule has 5 rings (SSSR count). The Morgan fingerprint density at radius 3 is 2.72 bits per heavy atom. The second-order valence-electron chi connectivity index (χ2n) is 7.06. The lowest BCUT2D eigenvalue weighted by Gasteiger charge is -2.28. The Kier molecular flexibility index (Phi) is 3.98. The van der Waals surface area contributed by atoms with E-state index in [0.29, 0.717) is 27.0 Å². The number of hydrogen-bond acceptors (Lipinski definition) is 6. The second kappa shape index (κ2) is 6.05. The number of benzene rings is 2. The first-order chi connectivity index (χ1) is 13.8. The van der Waals surface area contributed by atoms with Crippen LogP contribution < -0.4 is 9.64 Å². The summed E-state index contributed by atoms with van der Waals surface area (Å²) in [5.74, 6) is -0.864. The standard InChI is InChI=1S/C19H13Br2N3O4S/c1-23-13-6-4-3-5-11(13)18(17(23)25)15-10-7-9(20)8-12(21)14(10)28-19(15,24(26)27)16(22-18)29-2/h3-8,15H,1-2H3/t15-,18+,19-/m0/s1. The van der Waals surface area contributed by atoms with Crippen LogP contribution in [0.2, 0.25) is 0 Å². The van der Waals surface area contributed by atoms with Crippen LogP contribution in [0.1, 0.15) is 17.0 Å². The molecule has 3 atom stereocenters. The first kappa shape index (κ1) is 19.1. The van der Waals surface area contributed by atoms with E-state index < -0.39 is 22.1 Å². The smallest absolute Gasteiger partial charge is 0.421 e. The third-order valence-corrected chi connectivity index (χ3v) is 7.59. The highest BCUT2D eigenvalue weighted by Gasteiger charge is 2.79. The Hall–Kier alpha value is -1.91. The van der Waals surface area contributed by atoms with Crippen LogP contribution in [0, 0.1) is 10.1 Å². The van der Waals surface area contributed by atoms with Gasteiger partial charge in [-0.1, -0.05) is 34.1 Å². The molecule has 0 N–H and O–H groups in total. The topological polar surface area (TPSA) is 85.0 Å². The molecule has 0 unspecified atom stereocenters. The minimum atomic E-state index is -1.96. The van der Waals surface area contributed by atoms with Gasteiger partial charge in [0.1, 0.15) is 11.7 Å². The molecule has 2 aromatic rings. The highest BCUT2D eigenvalue weighted by molar-refractivity contribution is 9.11. The van der Waals surface area contributed by atoms with Gasteiger partial charge in [0, 0.05) is 28.3 Å². The molecule has 10 heteroatoms. The molecule has 3 aliphatic heterocycles. The summed E-state index contributed by atoms with van der Waals surface area (Å²) in [5, 5.41) is 12.7. The van der Waals surface area contributed by atoms with E-state index in [1.54, 1.807) is 25.4 Å². The normalized spacial score (nSPS) is 28.8. The fraction of sp³-hybridized carbons (Fsp3) is 0.263. The molecule has 3 heterocycles. The minimum absolute atomic E-state index is 0.185. The molecule has 0 saturated heterocycles. The Morgan fingerprint density at radius 1 is 1.31 bits per heavy atom. The van der Waals surface area contributed by atoms with E-state index in [1.165, 1.54) is 4.90 Å². The fourth-order valence-electron chi connectivity index (χ4n) is 4.68. The van der Waals surface area contributed by atoms with Gasteiger partial charge < -0.3 is 9.64 Å². The molecule has 3 aliphatic rings. The third kappa shape index (κ3) is 2.09. The van der Waals surface area contributed by atoms with Crippen molar-refractivity contribution in [3.05, 3.63) is 66.6 Å². The van der Waals surface area contributed by atoms with Crippen LogP contribution in [-0.2, 0) is 10.3 Å². The lowest BCUT2D eigenvalue weighted by molar-refractivity contribution is -0.590. The van der Waals surface area contributed by atoms with Crippen LogP contribution in [0.25, 0.3) is 0 Å². The summed E-state index contributed by atoms with van der Waals surface area (Å²) in [4.78, 5) is 32.0. The van der Waals surface area contributed by atoms with Gasteiger partial charge in [-0.2, -0.15) is 0 Å². The number of para-hydroxylation sites is 1. The molecular weight excluding hydrogens is 526 g/mol. The van der Waals surface area contributed by atoms with Crippen LogP contribution in [0.15, 0.2) is 50.3 Å². The van der Waals surface area contributed by atoms with Crippen LogP contribution in [0.5, 0.6) is 5.75 Å². The van der Waals surface area contributed by atoms with Gasteiger partial charge in [0.2, 0.25) is 0 Å². The molecule has 2 aromatic carbocycles. The number of ether oxygens (including phenoxy) is 1. The molecule has 1 amide bonds. The molecular formula is C19H13Br2N3O4S. The number of thioether (sulfide) groups is 1. The van der Waals surface area contributed by atoms with E-state index in [9.17, 15) is 14.9 Å². The number of nitro groups is 1. The van der Waals surface area contributed by atoms with Gasteiger partial charge in [-0.3, -0.25) is 14.9 Å². The van der Waals surface area contributed by atoms with Gasteiger partial charge in [0.25, 0.3) is 5.91 Å². The lowest BCUT2D eigenvalue weighted by atomic mass is 9.74. The van der Waals surface area contributed by atoms with E-state index in [-0.39, 0.29) is 11.0 Å². The summed E-state index contributed by atoms with van der Waals surface area (Å²) in [5.41, 5.74) is -1.49.